The van der Waals surface area contributed by atoms with Gasteiger partial charge in [0, 0.05) is 30.4 Å². The van der Waals surface area contributed by atoms with E-state index in [1.807, 2.05) is 30.3 Å². The molecule has 0 radical (unpaired) electrons. The molecule has 1 heterocycles. The number of imidazole rings is 1. The van der Waals surface area contributed by atoms with Gasteiger partial charge in [0.2, 0.25) is 0 Å². The average Bonchev–Trinajstić information content (AvgIpc) is 3.11. The molecule has 5 nitrogen and oxygen atoms in total. The fraction of sp³-hybridized carbons (Fsp3) is 0.158. The molecule has 0 atom stereocenters. The van der Waals surface area contributed by atoms with Crippen molar-refractivity contribution in [2.45, 2.75) is 6.42 Å². The predicted octanol–water partition coefficient (Wildman–Crippen LogP) is 2.95. The minimum atomic E-state index is -0.341. The number of nitrogens with one attached hydrogen (secondary N) is 2. The Morgan fingerprint density at radius 2 is 1.88 bits per heavy atom. The number of aromatic amines is 1. The number of H-pyrrole nitrogens is 1. The Morgan fingerprint density at radius 1 is 1.12 bits per heavy atom. The molecule has 0 spiro atoms. The molecule has 3 aromatic rings. The molecule has 25 heavy (non-hydrogen) atoms. The first-order chi connectivity index (χ1) is 12.2. The summed E-state index contributed by atoms with van der Waals surface area (Å²) >= 11 is 0. The van der Waals surface area contributed by atoms with E-state index in [2.05, 4.69) is 15.3 Å². The monoisotopic (exact) mass is 339 g/mol. The maximum absolute atomic E-state index is 12.8. The highest BCUT2D eigenvalue weighted by atomic mass is 19.1. The molecule has 6 heteroatoms. The summed E-state index contributed by atoms with van der Waals surface area (Å²) in [6, 6.07) is 15.4. The summed E-state index contributed by atoms with van der Waals surface area (Å²) in [4.78, 5) is 19.3. The van der Waals surface area contributed by atoms with Crippen molar-refractivity contribution in [1.29, 1.82) is 0 Å². The molecule has 1 amide bonds. The SMILES string of the molecule is O=C(COc1ccc(F)cc1)NCCc1cnc(-c2ccccc2)[nH]1. The minimum absolute atomic E-state index is 0.107. The van der Waals surface area contributed by atoms with Crippen molar-refractivity contribution in [2.75, 3.05) is 13.2 Å². The molecular formula is C19H18FN3O2. The van der Waals surface area contributed by atoms with Gasteiger partial charge in [-0.25, -0.2) is 9.37 Å². The van der Waals surface area contributed by atoms with Crippen LogP contribution in [0.1, 0.15) is 5.69 Å². The first-order valence-electron chi connectivity index (χ1n) is 7.95. The summed E-state index contributed by atoms with van der Waals surface area (Å²) in [6.45, 7) is 0.367. The van der Waals surface area contributed by atoms with Crippen LogP contribution in [0.4, 0.5) is 4.39 Å². The summed E-state index contributed by atoms with van der Waals surface area (Å²) in [7, 11) is 0. The van der Waals surface area contributed by atoms with Crippen molar-refractivity contribution in [1.82, 2.24) is 15.3 Å². The molecular weight excluding hydrogens is 321 g/mol. The van der Waals surface area contributed by atoms with Crippen LogP contribution in [0.2, 0.25) is 0 Å². The number of hydrogen-bond donors (Lipinski definition) is 2. The highest BCUT2D eigenvalue weighted by Crippen LogP contribution is 2.14. The van der Waals surface area contributed by atoms with Gasteiger partial charge in [0.1, 0.15) is 17.4 Å². The Hall–Kier alpha value is -3.15. The third-order valence-electron chi connectivity index (χ3n) is 3.58. The molecule has 0 aliphatic carbocycles. The normalized spacial score (nSPS) is 10.4. The Balaban J connectivity index is 1.41. The lowest BCUT2D eigenvalue weighted by molar-refractivity contribution is -0.123. The summed E-state index contributed by atoms with van der Waals surface area (Å²) in [5, 5.41) is 2.78. The Morgan fingerprint density at radius 3 is 2.64 bits per heavy atom. The summed E-state index contributed by atoms with van der Waals surface area (Å²) in [6.07, 6.45) is 2.41. The number of halogens is 1. The molecule has 0 bridgehead atoms. The Labute approximate surface area is 144 Å². The molecule has 0 saturated carbocycles. The van der Waals surface area contributed by atoms with Crippen LogP contribution < -0.4 is 10.1 Å². The molecule has 0 unspecified atom stereocenters. The van der Waals surface area contributed by atoms with Gasteiger partial charge in [-0.3, -0.25) is 4.79 Å². The number of nitrogens with zero attached hydrogens (tertiary/aromatic N) is 1. The van der Waals surface area contributed by atoms with Gasteiger partial charge in [0.15, 0.2) is 6.61 Å². The largest absolute Gasteiger partial charge is 0.484 e. The number of rotatable bonds is 7. The number of carbonyl (C=O) groups is 1. The highest BCUT2D eigenvalue weighted by molar-refractivity contribution is 5.77. The van der Waals surface area contributed by atoms with Gasteiger partial charge in [-0.15, -0.1) is 0 Å². The third kappa shape index (κ3) is 4.91. The van der Waals surface area contributed by atoms with Gasteiger partial charge in [-0.2, -0.15) is 0 Å². The fourth-order valence-electron chi connectivity index (χ4n) is 2.30. The van der Waals surface area contributed by atoms with E-state index < -0.39 is 0 Å². The zero-order valence-corrected chi connectivity index (χ0v) is 13.5. The van der Waals surface area contributed by atoms with E-state index in [1.54, 1.807) is 6.20 Å². The van der Waals surface area contributed by atoms with Gasteiger partial charge < -0.3 is 15.0 Å². The molecule has 0 aliphatic heterocycles. The first-order valence-corrected chi connectivity index (χ1v) is 7.95. The van der Waals surface area contributed by atoms with Gasteiger partial charge >= 0.3 is 0 Å². The summed E-state index contributed by atoms with van der Waals surface area (Å²) < 4.78 is 18.1. The third-order valence-corrected chi connectivity index (χ3v) is 3.58. The standard InChI is InChI=1S/C19H18FN3O2/c20-15-6-8-17(9-7-15)25-13-18(24)21-11-10-16-12-22-19(23-16)14-4-2-1-3-5-14/h1-9,12H,10-11,13H2,(H,21,24)(H,22,23). The van der Waals surface area contributed by atoms with Crippen LogP contribution in [0.5, 0.6) is 5.75 Å². The van der Waals surface area contributed by atoms with Gasteiger partial charge in [-0.1, -0.05) is 30.3 Å². The van der Waals surface area contributed by atoms with Gasteiger partial charge in [-0.05, 0) is 24.3 Å². The van der Waals surface area contributed by atoms with E-state index in [4.69, 9.17) is 4.74 Å². The lowest BCUT2D eigenvalue weighted by atomic mass is 10.2. The zero-order valence-electron chi connectivity index (χ0n) is 13.5. The number of benzene rings is 2. The molecule has 0 aliphatic rings. The Bertz CT molecular complexity index is 816. The fourth-order valence-corrected chi connectivity index (χ4v) is 2.30. The topological polar surface area (TPSA) is 67.0 Å². The quantitative estimate of drug-likeness (QED) is 0.695. The van der Waals surface area contributed by atoms with Gasteiger partial charge in [0.05, 0.1) is 0 Å². The maximum atomic E-state index is 12.8. The van der Waals surface area contributed by atoms with E-state index in [-0.39, 0.29) is 18.3 Å². The van der Waals surface area contributed by atoms with Crippen molar-refractivity contribution in [3.8, 4) is 17.1 Å². The number of ether oxygens (including phenoxy) is 1. The molecule has 1 aromatic heterocycles. The first kappa shape index (κ1) is 16.7. The summed E-state index contributed by atoms with van der Waals surface area (Å²) in [5.41, 5.74) is 1.96. The predicted molar refractivity (Wildman–Crippen MR) is 92.6 cm³/mol. The number of aromatic nitrogens is 2. The van der Waals surface area contributed by atoms with Crippen LogP contribution in [-0.4, -0.2) is 29.0 Å². The molecule has 3 rings (SSSR count). The van der Waals surface area contributed by atoms with E-state index in [0.29, 0.717) is 18.7 Å². The van der Waals surface area contributed by atoms with Crippen molar-refractivity contribution >= 4 is 5.91 Å². The van der Waals surface area contributed by atoms with E-state index >= 15 is 0 Å². The van der Waals surface area contributed by atoms with Crippen LogP contribution in [0.15, 0.2) is 60.8 Å². The maximum Gasteiger partial charge on any atom is 0.257 e. The molecule has 2 N–H and O–H groups in total. The van der Waals surface area contributed by atoms with Crippen LogP contribution in [0.3, 0.4) is 0 Å². The van der Waals surface area contributed by atoms with Crippen LogP contribution in [0, 0.1) is 5.82 Å². The minimum Gasteiger partial charge on any atom is -0.484 e. The molecule has 0 fully saturated rings. The van der Waals surface area contributed by atoms with Crippen LogP contribution >= 0.6 is 0 Å². The molecule has 0 saturated heterocycles. The second-order valence-corrected chi connectivity index (χ2v) is 5.47. The van der Waals surface area contributed by atoms with Crippen molar-refractivity contribution < 1.29 is 13.9 Å². The van der Waals surface area contributed by atoms with Gasteiger partial charge in [0.25, 0.3) is 5.91 Å². The van der Waals surface area contributed by atoms with E-state index in [9.17, 15) is 9.18 Å². The second-order valence-electron chi connectivity index (χ2n) is 5.47. The zero-order chi connectivity index (χ0) is 17.5. The van der Waals surface area contributed by atoms with E-state index in [1.165, 1.54) is 24.3 Å². The summed E-state index contributed by atoms with van der Waals surface area (Å²) in [5.74, 6) is 0.692. The Kier molecular flexibility index (Phi) is 5.41. The lowest BCUT2D eigenvalue weighted by Crippen LogP contribution is -2.30. The van der Waals surface area contributed by atoms with Crippen molar-refractivity contribution in [2.24, 2.45) is 0 Å². The second kappa shape index (κ2) is 8.10. The highest BCUT2D eigenvalue weighted by Gasteiger charge is 2.05. The molecule has 128 valence electrons. The van der Waals surface area contributed by atoms with Crippen molar-refractivity contribution in [3.05, 3.63) is 72.3 Å². The number of hydrogen-bond acceptors (Lipinski definition) is 3. The van der Waals surface area contributed by atoms with Crippen LogP contribution in [0.25, 0.3) is 11.4 Å². The number of amides is 1. The number of carbonyl (C=O) groups excluding carboxylic acids is 1. The average molecular weight is 339 g/mol. The van der Waals surface area contributed by atoms with Crippen LogP contribution in [-0.2, 0) is 11.2 Å². The smallest absolute Gasteiger partial charge is 0.257 e. The molecule has 2 aromatic carbocycles. The van der Waals surface area contributed by atoms with E-state index in [0.717, 1.165) is 17.1 Å². The van der Waals surface area contributed by atoms with Crippen molar-refractivity contribution in [3.63, 3.8) is 0 Å². The lowest BCUT2D eigenvalue weighted by Gasteiger charge is -2.07.